The van der Waals surface area contributed by atoms with Gasteiger partial charge in [-0.1, -0.05) is 40.3 Å². The number of esters is 1. The molecule has 9 atom stereocenters. The van der Waals surface area contributed by atoms with Crippen molar-refractivity contribution < 1.29 is 48.7 Å². The SMILES string of the molecule is C=C(C1=CC(=O)C(C)(C)O1)C1CC=C(C2CCC3C2(C)CCC2C(C)(C)C(=O)C(OC(=O)CC(C)(O)CC(=O)O)CC23C)C(O)O1. The molecule has 0 aromatic rings. The van der Waals surface area contributed by atoms with Crippen molar-refractivity contribution in [2.24, 2.45) is 34.0 Å². The Bertz CT molecular complexity index is 1400. The molecular weight excluding hydrogens is 592 g/mol. The fraction of sp³-hybridized carbons (Fsp3) is 0.722. The second-order valence-corrected chi connectivity index (χ2v) is 16.2. The zero-order valence-electron chi connectivity index (χ0n) is 28.2. The highest BCUT2D eigenvalue weighted by Crippen LogP contribution is 2.70. The van der Waals surface area contributed by atoms with Gasteiger partial charge in [0.2, 0.25) is 5.78 Å². The first kappa shape index (κ1) is 34.5. The van der Waals surface area contributed by atoms with Gasteiger partial charge in [0.15, 0.2) is 23.8 Å². The molecule has 0 aromatic heterocycles. The Morgan fingerprint density at radius 3 is 2.30 bits per heavy atom. The van der Waals surface area contributed by atoms with E-state index in [0.29, 0.717) is 24.2 Å². The lowest BCUT2D eigenvalue weighted by molar-refractivity contribution is -0.189. The molecule has 2 aliphatic heterocycles. The quantitative estimate of drug-likeness (QED) is 0.248. The van der Waals surface area contributed by atoms with Crippen LogP contribution in [0.5, 0.6) is 0 Å². The van der Waals surface area contributed by atoms with E-state index in [0.717, 1.165) is 31.3 Å². The van der Waals surface area contributed by atoms with Gasteiger partial charge in [0.25, 0.3) is 0 Å². The van der Waals surface area contributed by atoms with E-state index < -0.39 is 59.9 Å². The number of fused-ring (bicyclic) bond motifs is 3. The van der Waals surface area contributed by atoms with Crippen molar-refractivity contribution in [3.05, 3.63) is 35.6 Å². The average molecular weight is 643 g/mol. The first-order chi connectivity index (χ1) is 21.1. The molecule has 0 bridgehead atoms. The molecular formula is C36H50O10. The van der Waals surface area contributed by atoms with Gasteiger partial charge in [-0.15, -0.1) is 0 Å². The maximum atomic E-state index is 13.8. The number of hydrogen-bond acceptors (Lipinski definition) is 9. The van der Waals surface area contributed by atoms with Crippen molar-refractivity contribution in [1.82, 2.24) is 0 Å². The summed E-state index contributed by atoms with van der Waals surface area (Å²) in [5, 5.41) is 30.9. The van der Waals surface area contributed by atoms with Crippen LogP contribution in [0.2, 0.25) is 0 Å². The van der Waals surface area contributed by atoms with Gasteiger partial charge in [-0.05, 0) is 93.5 Å². The lowest BCUT2D eigenvalue weighted by atomic mass is 9.42. The fourth-order valence-electron chi connectivity index (χ4n) is 9.92. The van der Waals surface area contributed by atoms with E-state index in [4.69, 9.17) is 19.3 Å². The van der Waals surface area contributed by atoms with Crippen LogP contribution in [0.15, 0.2) is 35.6 Å². The number of carbonyl (C=O) groups excluding carboxylic acids is 3. The molecule has 9 unspecified atom stereocenters. The number of rotatable bonds is 8. The van der Waals surface area contributed by atoms with E-state index in [9.17, 15) is 29.4 Å². The predicted molar refractivity (Wildman–Crippen MR) is 167 cm³/mol. The number of ketones is 2. The monoisotopic (exact) mass is 642 g/mol. The molecule has 2 heterocycles. The Hall–Kier alpha value is -2.82. The van der Waals surface area contributed by atoms with Crippen molar-refractivity contribution in [1.29, 1.82) is 0 Å². The van der Waals surface area contributed by atoms with E-state index in [1.165, 1.54) is 13.0 Å². The molecule has 3 N–H and O–H groups in total. The van der Waals surface area contributed by atoms with Gasteiger partial charge < -0.3 is 29.5 Å². The van der Waals surface area contributed by atoms with Crippen molar-refractivity contribution >= 4 is 23.5 Å². The number of Topliss-reactive ketones (excluding diaryl/α,β-unsaturated/α-hetero) is 1. The molecule has 46 heavy (non-hydrogen) atoms. The van der Waals surface area contributed by atoms with E-state index in [1.54, 1.807) is 13.8 Å². The summed E-state index contributed by atoms with van der Waals surface area (Å²) in [6.45, 7) is 17.1. The van der Waals surface area contributed by atoms with E-state index in [-0.39, 0.29) is 40.2 Å². The molecule has 3 saturated carbocycles. The summed E-state index contributed by atoms with van der Waals surface area (Å²) in [5.74, 6) is -1.62. The smallest absolute Gasteiger partial charge is 0.309 e. The maximum Gasteiger partial charge on any atom is 0.309 e. The summed E-state index contributed by atoms with van der Waals surface area (Å²) in [6.07, 6.45) is 3.95. The number of aliphatic hydroxyl groups excluding tert-OH is 1. The lowest BCUT2D eigenvalue weighted by Crippen LogP contribution is -2.61. The third kappa shape index (κ3) is 5.79. The molecule has 254 valence electrons. The van der Waals surface area contributed by atoms with Crippen LogP contribution in [0.1, 0.15) is 99.8 Å². The third-order valence-corrected chi connectivity index (χ3v) is 12.1. The summed E-state index contributed by atoms with van der Waals surface area (Å²) in [7, 11) is 0. The number of carboxylic acid groups (broad SMARTS) is 1. The van der Waals surface area contributed by atoms with Crippen LogP contribution in [0, 0.1) is 34.0 Å². The van der Waals surface area contributed by atoms with Gasteiger partial charge in [-0.25, -0.2) is 0 Å². The Labute approximate surface area is 271 Å². The summed E-state index contributed by atoms with van der Waals surface area (Å²) >= 11 is 0. The van der Waals surface area contributed by atoms with Crippen LogP contribution < -0.4 is 0 Å². The highest BCUT2D eigenvalue weighted by Gasteiger charge is 2.66. The Kier molecular flexibility index (Phi) is 8.56. The largest absolute Gasteiger partial charge is 0.481 e. The maximum absolute atomic E-state index is 13.8. The highest BCUT2D eigenvalue weighted by atomic mass is 16.6. The Morgan fingerprint density at radius 1 is 1.04 bits per heavy atom. The first-order valence-electron chi connectivity index (χ1n) is 16.5. The number of carbonyl (C=O) groups is 4. The molecule has 3 aliphatic carbocycles. The number of aliphatic carboxylic acids is 1. The number of hydrogen-bond donors (Lipinski definition) is 3. The first-order valence-corrected chi connectivity index (χ1v) is 16.5. The highest BCUT2D eigenvalue weighted by molar-refractivity contribution is 5.99. The topological polar surface area (TPSA) is 157 Å². The minimum Gasteiger partial charge on any atom is -0.481 e. The number of carboxylic acids is 1. The second kappa shape index (κ2) is 11.4. The zero-order valence-corrected chi connectivity index (χ0v) is 28.2. The second-order valence-electron chi connectivity index (χ2n) is 16.2. The van der Waals surface area contributed by atoms with Crippen LogP contribution in [0.25, 0.3) is 0 Å². The van der Waals surface area contributed by atoms with Crippen LogP contribution in [0.4, 0.5) is 0 Å². The normalized spacial score (nSPS) is 39.2. The van der Waals surface area contributed by atoms with Gasteiger partial charge in [-0.2, -0.15) is 0 Å². The van der Waals surface area contributed by atoms with Crippen molar-refractivity contribution in [3.8, 4) is 0 Å². The molecule has 0 spiro atoms. The Morgan fingerprint density at radius 2 is 1.72 bits per heavy atom. The van der Waals surface area contributed by atoms with E-state index in [2.05, 4.69) is 26.5 Å². The van der Waals surface area contributed by atoms with E-state index >= 15 is 0 Å². The molecule has 0 amide bonds. The van der Waals surface area contributed by atoms with Gasteiger partial charge >= 0.3 is 11.9 Å². The van der Waals surface area contributed by atoms with Crippen LogP contribution in [0.3, 0.4) is 0 Å². The summed E-state index contributed by atoms with van der Waals surface area (Å²) in [4.78, 5) is 50.1. The standard InChI is InChI=1S/C36H50O10/c1-19(23-15-27(37)33(4,5)46-23)22-11-9-20(31(42)45-22)21-10-12-26-35(21,7)14-13-25-32(2,3)30(41)24(16-36(25,26)8)44-29(40)18-34(6,43)17-28(38)39/h9,15,21-22,24-26,31,42-43H,1,10-14,16-18H2,2-8H3,(H,38,39). The molecule has 10 nitrogen and oxygen atoms in total. The molecule has 5 rings (SSSR count). The number of ether oxygens (including phenoxy) is 3. The summed E-state index contributed by atoms with van der Waals surface area (Å²) in [5.41, 5.74) is -2.67. The molecule has 10 heteroatoms. The third-order valence-electron chi connectivity index (χ3n) is 12.1. The van der Waals surface area contributed by atoms with Crippen molar-refractivity contribution in [2.45, 2.75) is 130 Å². The van der Waals surface area contributed by atoms with Gasteiger partial charge in [0, 0.05) is 17.1 Å². The average Bonchev–Trinajstić information content (AvgIpc) is 3.41. The fourth-order valence-corrected chi connectivity index (χ4v) is 9.92. The summed E-state index contributed by atoms with van der Waals surface area (Å²) < 4.78 is 17.7. The minimum absolute atomic E-state index is 0.0507. The molecule has 0 aromatic carbocycles. The molecule has 0 saturated heterocycles. The van der Waals surface area contributed by atoms with Crippen molar-refractivity contribution in [3.63, 3.8) is 0 Å². The van der Waals surface area contributed by atoms with Crippen LogP contribution in [-0.4, -0.2) is 68.5 Å². The molecule has 0 radical (unpaired) electrons. The zero-order chi connectivity index (χ0) is 34.2. The van der Waals surface area contributed by atoms with Crippen LogP contribution in [-0.2, 0) is 33.4 Å². The van der Waals surface area contributed by atoms with E-state index in [1.807, 2.05) is 13.8 Å². The summed E-state index contributed by atoms with van der Waals surface area (Å²) in [6, 6.07) is 0. The lowest BCUT2D eigenvalue weighted by Gasteiger charge is -2.62. The van der Waals surface area contributed by atoms with Crippen LogP contribution >= 0.6 is 0 Å². The van der Waals surface area contributed by atoms with Gasteiger partial charge in [0.05, 0.1) is 24.5 Å². The van der Waals surface area contributed by atoms with Crippen molar-refractivity contribution in [2.75, 3.05) is 0 Å². The molecule has 5 aliphatic rings. The number of aliphatic hydroxyl groups is 2. The Balaban J connectivity index is 1.34. The van der Waals surface area contributed by atoms with Gasteiger partial charge in [0.1, 0.15) is 5.76 Å². The minimum atomic E-state index is -1.79. The molecule has 3 fully saturated rings. The predicted octanol–water partition coefficient (Wildman–Crippen LogP) is 4.81. The van der Waals surface area contributed by atoms with Gasteiger partial charge in [-0.3, -0.25) is 19.2 Å².